The van der Waals surface area contributed by atoms with Crippen LogP contribution >= 0.6 is 11.8 Å². The van der Waals surface area contributed by atoms with Gasteiger partial charge in [-0.3, -0.25) is 9.52 Å². The third-order valence-corrected chi connectivity index (χ3v) is 6.99. The van der Waals surface area contributed by atoms with Crippen LogP contribution in [0.4, 0.5) is 11.4 Å². The number of aryl methyl sites for hydroxylation is 2. The quantitative estimate of drug-likeness (QED) is 0.494. The van der Waals surface area contributed by atoms with Crippen LogP contribution in [0.15, 0.2) is 82.6 Å². The molecule has 7 heteroatoms. The Kier molecular flexibility index (Phi) is 6.84. The average molecular weight is 441 g/mol. The summed E-state index contributed by atoms with van der Waals surface area (Å²) < 4.78 is 28.0. The molecule has 0 bridgehead atoms. The molecule has 0 spiro atoms. The van der Waals surface area contributed by atoms with Crippen LogP contribution in [0.1, 0.15) is 18.1 Å². The number of anilines is 2. The van der Waals surface area contributed by atoms with Gasteiger partial charge in [0, 0.05) is 10.6 Å². The minimum atomic E-state index is -3.72. The Morgan fingerprint density at radius 3 is 2.27 bits per heavy atom. The van der Waals surface area contributed by atoms with E-state index in [-0.39, 0.29) is 16.1 Å². The summed E-state index contributed by atoms with van der Waals surface area (Å²) in [5, 5.41) is 2.54. The molecule has 1 atom stereocenters. The van der Waals surface area contributed by atoms with Gasteiger partial charge in [0.25, 0.3) is 10.0 Å². The van der Waals surface area contributed by atoms with E-state index in [9.17, 15) is 13.2 Å². The number of amides is 1. The summed E-state index contributed by atoms with van der Waals surface area (Å²) in [4.78, 5) is 13.6. The van der Waals surface area contributed by atoms with E-state index in [0.29, 0.717) is 11.4 Å². The predicted octanol–water partition coefficient (Wildman–Crippen LogP) is 5.22. The molecule has 0 aliphatic rings. The molecule has 0 radical (unpaired) electrons. The topological polar surface area (TPSA) is 75.3 Å². The van der Waals surface area contributed by atoms with Crippen molar-refractivity contribution in [2.75, 3.05) is 10.0 Å². The first-order valence-corrected chi connectivity index (χ1v) is 11.8. The molecule has 0 unspecified atom stereocenters. The van der Waals surface area contributed by atoms with Crippen molar-refractivity contribution in [2.45, 2.75) is 35.8 Å². The highest BCUT2D eigenvalue weighted by atomic mass is 32.2. The maximum absolute atomic E-state index is 12.7. The van der Waals surface area contributed by atoms with Gasteiger partial charge in [0.05, 0.1) is 15.8 Å². The largest absolute Gasteiger partial charge is 0.325 e. The summed E-state index contributed by atoms with van der Waals surface area (Å²) in [7, 11) is -3.72. The van der Waals surface area contributed by atoms with E-state index in [1.165, 1.54) is 23.9 Å². The second-order valence-electron chi connectivity index (χ2n) is 7.01. The van der Waals surface area contributed by atoms with Gasteiger partial charge in [-0.25, -0.2) is 8.42 Å². The molecule has 3 aromatic carbocycles. The summed E-state index contributed by atoms with van der Waals surface area (Å²) in [6.45, 7) is 5.59. The summed E-state index contributed by atoms with van der Waals surface area (Å²) in [5.74, 6) is -0.145. The predicted molar refractivity (Wildman–Crippen MR) is 124 cm³/mol. The van der Waals surface area contributed by atoms with Gasteiger partial charge in [-0.15, -0.1) is 11.8 Å². The maximum Gasteiger partial charge on any atom is 0.261 e. The van der Waals surface area contributed by atoms with Gasteiger partial charge in [-0.05, 0) is 74.4 Å². The first-order valence-electron chi connectivity index (χ1n) is 9.47. The third kappa shape index (κ3) is 5.64. The molecule has 30 heavy (non-hydrogen) atoms. The Hall–Kier alpha value is -2.77. The molecule has 156 valence electrons. The highest BCUT2D eigenvalue weighted by molar-refractivity contribution is 8.00. The van der Waals surface area contributed by atoms with Crippen LogP contribution in [-0.4, -0.2) is 19.6 Å². The van der Waals surface area contributed by atoms with E-state index in [2.05, 4.69) is 10.0 Å². The van der Waals surface area contributed by atoms with Gasteiger partial charge in [0.1, 0.15) is 0 Å². The van der Waals surface area contributed by atoms with Crippen molar-refractivity contribution in [1.82, 2.24) is 0 Å². The molecule has 0 aromatic heterocycles. The first-order chi connectivity index (χ1) is 14.2. The first kappa shape index (κ1) is 21.9. The highest BCUT2D eigenvalue weighted by Crippen LogP contribution is 2.25. The van der Waals surface area contributed by atoms with Crippen molar-refractivity contribution in [3.8, 4) is 0 Å². The molecular formula is C23H24N2O3S2. The smallest absolute Gasteiger partial charge is 0.261 e. The van der Waals surface area contributed by atoms with E-state index >= 15 is 0 Å². The van der Waals surface area contributed by atoms with E-state index < -0.39 is 10.0 Å². The normalized spacial score (nSPS) is 12.2. The number of carbonyl (C=O) groups excluding carboxylic acids is 1. The molecule has 0 saturated carbocycles. The lowest BCUT2D eigenvalue weighted by molar-refractivity contribution is -0.115. The van der Waals surface area contributed by atoms with Crippen molar-refractivity contribution in [3.63, 3.8) is 0 Å². The number of sulfonamides is 1. The summed E-state index contributed by atoms with van der Waals surface area (Å²) in [6, 6.07) is 21.5. The van der Waals surface area contributed by atoms with Crippen LogP contribution in [0.5, 0.6) is 0 Å². The fourth-order valence-electron chi connectivity index (χ4n) is 2.77. The molecule has 0 aliphatic heterocycles. The van der Waals surface area contributed by atoms with Gasteiger partial charge >= 0.3 is 0 Å². The van der Waals surface area contributed by atoms with Crippen molar-refractivity contribution >= 4 is 39.1 Å². The van der Waals surface area contributed by atoms with Crippen LogP contribution in [0.25, 0.3) is 0 Å². The van der Waals surface area contributed by atoms with Gasteiger partial charge in [-0.1, -0.05) is 30.3 Å². The van der Waals surface area contributed by atoms with Crippen molar-refractivity contribution in [2.24, 2.45) is 0 Å². The molecular weight excluding hydrogens is 416 g/mol. The lowest BCUT2D eigenvalue weighted by atomic mass is 10.1. The Labute approximate surface area is 182 Å². The number of nitrogens with one attached hydrogen (secondary N) is 2. The zero-order chi connectivity index (χ0) is 21.7. The molecule has 0 saturated heterocycles. The van der Waals surface area contributed by atoms with E-state index in [4.69, 9.17) is 0 Å². The Bertz CT molecular complexity index is 1130. The number of hydrogen-bond acceptors (Lipinski definition) is 4. The molecule has 0 fully saturated rings. The minimum Gasteiger partial charge on any atom is -0.325 e. The monoisotopic (exact) mass is 440 g/mol. The summed E-state index contributed by atoms with van der Waals surface area (Å²) >= 11 is 1.46. The molecule has 1 amide bonds. The summed E-state index contributed by atoms with van der Waals surface area (Å²) in [6.07, 6.45) is 0. The van der Waals surface area contributed by atoms with Gasteiger partial charge < -0.3 is 5.32 Å². The van der Waals surface area contributed by atoms with E-state index in [0.717, 1.165) is 16.0 Å². The maximum atomic E-state index is 12.7. The third-order valence-electron chi connectivity index (χ3n) is 4.49. The Balaban J connectivity index is 1.66. The zero-order valence-electron chi connectivity index (χ0n) is 17.0. The van der Waals surface area contributed by atoms with E-state index in [1.54, 1.807) is 18.2 Å². The molecule has 3 aromatic rings. The number of rotatable bonds is 7. The van der Waals surface area contributed by atoms with Gasteiger partial charge in [0.15, 0.2) is 0 Å². The number of hydrogen-bond donors (Lipinski definition) is 2. The van der Waals surface area contributed by atoms with E-state index in [1.807, 2.05) is 63.2 Å². The van der Waals surface area contributed by atoms with Crippen LogP contribution in [-0.2, 0) is 14.8 Å². The fraction of sp³-hybridized carbons (Fsp3) is 0.174. The Morgan fingerprint density at radius 2 is 1.60 bits per heavy atom. The number of thioether (sulfide) groups is 1. The van der Waals surface area contributed by atoms with Crippen LogP contribution < -0.4 is 10.0 Å². The summed E-state index contributed by atoms with van der Waals surface area (Å²) in [5.41, 5.74) is 2.92. The molecule has 0 aliphatic carbocycles. The van der Waals surface area contributed by atoms with Gasteiger partial charge in [0.2, 0.25) is 5.91 Å². The number of carbonyl (C=O) groups is 1. The molecule has 0 heterocycles. The van der Waals surface area contributed by atoms with Crippen molar-refractivity contribution < 1.29 is 13.2 Å². The van der Waals surface area contributed by atoms with Crippen LogP contribution in [0.3, 0.4) is 0 Å². The SMILES string of the molecule is Cc1ccc(C)c(NS(=O)(=O)c2ccc(NC(=O)[C@@H](C)Sc3ccccc3)cc2)c1. The Morgan fingerprint density at radius 1 is 0.933 bits per heavy atom. The highest BCUT2D eigenvalue weighted by Gasteiger charge is 2.17. The lowest BCUT2D eigenvalue weighted by Gasteiger charge is -2.13. The van der Waals surface area contributed by atoms with Crippen LogP contribution in [0.2, 0.25) is 0 Å². The van der Waals surface area contributed by atoms with Gasteiger partial charge in [-0.2, -0.15) is 0 Å². The molecule has 3 rings (SSSR count). The minimum absolute atomic E-state index is 0.133. The van der Waals surface area contributed by atoms with Crippen molar-refractivity contribution in [1.29, 1.82) is 0 Å². The average Bonchev–Trinajstić information content (AvgIpc) is 2.71. The second-order valence-corrected chi connectivity index (χ2v) is 10.1. The fourth-order valence-corrected chi connectivity index (χ4v) is 4.78. The lowest BCUT2D eigenvalue weighted by Crippen LogP contribution is -2.22. The van der Waals surface area contributed by atoms with Crippen LogP contribution in [0, 0.1) is 13.8 Å². The van der Waals surface area contributed by atoms with Crippen molar-refractivity contribution in [3.05, 3.63) is 83.9 Å². The standard InChI is InChI=1S/C23H24N2O3S2/c1-16-9-10-17(2)22(15-16)25-30(27,28)21-13-11-19(12-14-21)24-23(26)18(3)29-20-7-5-4-6-8-20/h4-15,18,25H,1-3H3,(H,24,26)/t18-/m1/s1. The second kappa shape index (κ2) is 9.36. The number of benzene rings is 3. The zero-order valence-corrected chi connectivity index (χ0v) is 18.7. The molecule has 2 N–H and O–H groups in total. The molecule has 5 nitrogen and oxygen atoms in total.